The molecular weight excluding hydrogens is 372 g/mol. The molecule has 156 valence electrons. The third-order valence-corrected chi connectivity index (χ3v) is 7.76. The molecule has 3 aliphatic carbocycles. The summed E-state index contributed by atoms with van der Waals surface area (Å²) in [6.45, 7) is 4.95. The highest BCUT2D eigenvalue weighted by Crippen LogP contribution is 2.59. The minimum atomic E-state index is -0.0723. The van der Waals surface area contributed by atoms with Crippen molar-refractivity contribution in [2.45, 2.75) is 51.4 Å². The Kier molecular flexibility index (Phi) is 5.18. The first-order valence-electron chi connectivity index (χ1n) is 11.7. The minimum Gasteiger partial charge on any atom is -0.0885 e. The second-order valence-electron chi connectivity index (χ2n) is 9.57. The Morgan fingerprint density at radius 1 is 0.742 bits per heavy atom. The van der Waals surface area contributed by atoms with Crippen molar-refractivity contribution in [3.05, 3.63) is 114 Å². The summed E-state index contributed by atoms with van der Waals surface area (Å²) in [5.41, 5.74) is 8.44. The summed E-state index contributed by atoms with van der Waals surface area (Å²) < 4.78 is 0. The lowest BCUT2D eigenvalue weighted by atomic mass is 9.58. The molecule has 2 aromatic rings. The molecule has 0 saturated carbocycles. The van der Waals surface area contributed by atoms with Crippen LogP contribution in [0.1, 0.15) is 62.6 Å². The molecule has 0 aliphatic heterocycles. The van der Waals surface area contributed by atoms with Gasteiger partial charge >= 0.3 is 0 Å². The molecule has 0 spiro atoms. The third kappa shape index (κ3) is 3.30. The van der Waals surface area contributed by atoms with Crippen LogP contribution in [0.5, 0.6) is 0 Å². The summed E-state index contributed by atoms with van der Waals surface area (Å²) in [6, 6.07) is 16.3. The molecule has 3 aliphatic rings. The van der Waals surface area contributed by atoms with E-state index in [2.05, 4.69) is 111 Å². The van der Waals surface area contributed by atoms with Gasteiger partial charge in [-0.05, 0) is 71.6 Å². The van der Waals surface area contributed by atoms with Crippen LogP contribution >= 0.6 is 0 Å². The van der Waals surface area contributed by atoms with E-state index in [1.54, 1.807) is 0 Å². The van der Waals surface area contributed by atoms with E-state index < -0.39 is 0 Å². The molecule has 2 aromatic carbocycles. The van der Waals surface area contributed by atoms with Crippen LogP contribution in [0.3, 0.4) is 0 Å². The molecule has 0 N–H and O–H groups in total. The molecule has 5 rings (SSSR count). The lowest BCUT2D eigenvalue weighted by molar-refractivity contribution is 0.271. The molecule has 31 heavy (non-hydrogen) atoms. The molecule has 2 atom stereocenters. The molecule has 0 radical (unpaired) electrons. The van der Waals surface area contributed by atoms with Crippen LogP contribution in [0, 0.1) is 5.41 Å². The number of rotatable bonds is 2. The van der Waals surface area contributed by atoms with E-state index in [0.717, 1.165) is 19.3 Å². The molecule has 0 nitrogen and oxygen atoms in total. The SMILES string of the molecule is CC1(C2(C)c3ccccc3-c3ccc(C4=CC=CC=CC4)cc32)/C=C\CCC/C=C\C1. The molecule has 0 heterocycles. The first kappa shape index (κ1) is 20.1. The van der Waals surface area contributed by atoms with Gasteiger partial charge in [-0.15, -0.1) is 0 Å². The lowest BCUT2D eigenvalue weighted by Gasteiger charge is -2.44. The quantitative estimate of drug-likeness (QED) is 0.440. The standard InChI is InChI=1S/C31H32/c1-30(21-13-7-3-4-8-14-22-30)31(2)28-18-12-11-17-26(28)27-20-19-25(23-29(27)31)24-15-9-5-6-10-16-24/h5-7,9-15,17-20,22-23H,3-4,8,16,21H2,1-2H3/b13-7-,22-14-. The van der Waals surface area contributed by atoms with Crippen molar-refractivity contribution in [3.8, 4) is 11.1 Å². The van der Waals surface area contributed by atoms with E-state index in [0.29, 0.717) is 0 Å². The molecule has 0 fully saturated rings. The van der Waals surface area contributed by atoms with Gasteiger partial charge in [-0.1, -0.05) is 105 Å². The Morgan fingerprint density at radius 2 is 1.58 bits per heavy atom. The maximum absolute atomic E-state index is 2.53. The smallest absolute Gasteiger partial charge is 0.0278 e. The summed E-state index contributed by atoms with van der Waals surface area (Å²) in [6.07, 6.45) is 26.4. The molecule has 0 bridgehead atoms. The van der Waals surface area contributed by atoms with Gasteiger partial charge in [0.15, 0.2) is 0 Å². The molecule has 0 amide bonds. The Morgan fingerprint density at radius 3 is 2.52 bits per heavy atom. The molecule has 0 saturated heterocycles. The number of hydrogen-bond acceptors (Lipinski definition) is 0. The number of benzene rings is 2. The zero-order chi connectivity index (χ0) is 21.3. The summed E-state index contributed by atoms with van der Waals surface area (Å²) in [5.74, 6) is 0. The highest BCUT2D eigenvalue weighted by molar-refractivity contribution is 5.84. The second kappa shape index (κ2) is 8.00. The normalized spacial score (nSPS) is 29.0. The topological polar surface area (TPSA) is 0 Å². The van der Waals surface area contributed by atoms with Crippen molar-refractivity contribution in [3.63, 3.8) is 0 Å². The van der Waals surface area contributed by atoms with Gasteiger partial charge < -0.3 is 0 Å². The van der Waals surface area contributed by atoms with E-state index >= 15 is 0 Å². The Bertz CT molecular complexity index is 1140. The number of hydrogen-bond donors (Lipinski definition) is 0. The molecular formula is C31H32. The Balaban J connectivity index is 1.72. The average molecular weight is 405 g/mol. The number of fused-ring (bicyclic) bond motifs is 3. The van der Waals surface area contributed by atoms with Gasteiger partial charge in [-0.2, -0.15) is 0 Å². The monoisotopic (exact) mass is 404 g/mol. The van der Waals surface area contributed by atoms with Crippen LogP contribution in [-0.4, -0.2) is 0 Å². The molecule has 0 aromatic heterocycles. The van der Waals surface area contributed by atoms with Crippen molar-refractivity contribution in [1.82, 2.24) is 0 Å². The minimum absolute atomic E-state index is 0.0193. The first-order valence-corrected chi connectivity index (χ1v) is 11.7. The van der Waals surface area contributed by atoms with Gasteiger partial charge in [0.2, 0.25) is 0 Å². The van der Waals surface area contributed by atoms with Crippen LogP contribution in [0.4, 0.5) is 0 Å². The van der Waals surface area contributed by atoms with Crippen LogP contribution in [0.15, 0.2) is 97.1 Å². The van der Waals surface area contributed by atoms with Crippen molar-refractivity contribution in [2.75, 3.05) is 0 Å². The predicted molar refractivity (Wildman–Crippen MR) is 134 cm³/mol. The van der Waals surface area contributed by atoms with Crippen molar-refractivity contribution >= 4 is 5.57 Å². The maximum atomic E-state index is 2.53. The van der Waals surface area contributed by atoms with Gasteiger partial charge in [0, 0.05) is 10.8 Å². The fraction of sp³-hybridized carbons (Fsp3) is 0.290. The van der Waals surface area contributed by atoms with Crippen molar-refractivity contribution < 1.29 is 0 Å². The van der Waals surface area contributed by atoms with E-state index in [1.165, 1.54) is 46.2 Å². The number of allylic oxidation sites excluding steroid dienone is 10. The van der Waals surface area contributed by atoms with Gasteiger partial charge in [0.25, 0.3) is 0 Å². The van der Waals surface area contributed by atoms with Crippen LogP contribution in [0.2, 0.25) is 0 Å². The van der Waals surface area contributed by atoms with Gasteiger partial charge in [0.1, 0.15) is 0 Å². The third-order valence-electron chi connectivity index (χ3n) is 7.76. The second-order valence-corrected chi connectivity index (χ2v) is 9.57. The Hall–Kier alpha value is -2.86. The van der Waals surface area contributed by atoms with Crippen LogP contribution < -0.4 is 0 Å². The van der Waals surface area contributed by atoms with Crippen molar-refractivity contribution in [2.24, 2.45) is 5.41 Å². The summed E-state index contributed by atoms with van der Waals surface area (Å²) in [4.78, 5) is 0. The van der Waals surface area contributed by atoms with E-state index in [-0.39, 0.29) is 10.8 Å². The maximum Gasteiger partial charge on any atom is 0.0278 e. The Labute approximate surface area is 187 Å². The molecule has 0 heteroatoms. The molecule has 2 unspecified atom stereocenters. The van der Waals surface area contributed by atoms with E-state index in [4.69, 9.17) is 0 Å². The largest absolute Gasteiger partial charge is 0.0885 e. The fourth-order valence-electron chi connectivity index (χ4n) is 5.68. The van der Waals surface area contributed by atoms with Crippen molar-refractivity contribution in [1.29, 1.82) is 0 Å². The van der Waals surface area contributed by atoms with Crippen LogP contribution in [-0.2, 0) is 5.41 Å². The fourth-order valence-corrected chi connectivity index (χ4v) is 5.68. The van der Waals surface area contributed by atoms with E-state index in [1.807, 2.05) is 0 Å². The van der Waals surface area contributed by atoms with Gasteiger partial charge in [-0.3, -0.25) is 0 Å². The zero-order valence-electron chi connectivity index (χ0n) is 18.8. The highest BCUT2D eigenvalue weighted by Gasteiger charge is 2.50. The van der Waals surface area contributed by atoms with Gasteiger partial charge in [0.05, 0.1) is 0 Å². The average Bonchev–Trinajstić information content (AvgIpc) is 2.91. The van der Waals surface area contributed by atoms with Crippen LogP contribution in [0.25, 0.3) is 16.7 Å². The highest BCUT2D eigenvalue weighted by atomic mass is 14.5. The summed E-state index contributed by atoms with van der Waals surface area (Å²) in [5, 5.41) is 0. The summed E-state index contributed by atoms with van der Waals surface area (Å²) >= 11 is 0. The first-order chi connectivity index (χ1) is 15.1. The summed E-state index contributed by atoms with van der Waals surface area (Å²) in [7, 11) is 0. The zero-order valence-corrected chi connectivity index (χ0v) is 18.8. The predicted octanol–water partition coefficient (Wildman–Crippen LogP) is 8.57. The lowest BCUT2D eigenvalue weighted by Crippen LogP contribution is -2.39. The van der Waals surface area contributed by atoms with Gasteiger partial charge in [-0.25, -0.2) is 0 Å². The van der Waals surface area contributed by atoms with E-state index in [9.17, 15) is 0 Å².